The fraction of sp³-hybridized carbons (Fsp3) is 0.267. The van der Waals surface area contributed by atoms with Gasteiger partial charge < -0.3 is 9.47 Å². The molecule has 0 fully saturated rings. The molecule has 1 aliphatic heterocycles. The van der Waals surface area contributed by atoms with Crippen molar-refractivity contribution in [3.63, 3.8) is 0 Å². The number of hydrogen-bond acceptors (Lipinski definition) is 3. The van der Waals surface area contributed by atoms with Crippen LogP contribution in [0.2, 0.25) is 0 Å². The summed E-state index contributed by atoms with van der Waals surface area (Å²) in [7, 11) is 1.68. The van der Waals surface area contributed by atoms with Crippen LogP contribution in [0.4, 0.5) is 0 Å². The number of methoxy groups -OCH3 is 1. The maximum Gasteiger partial charge on any atom is 0.226 e. The third-order valence-electron chi connectivity index (χ3n) is 3.06. The molecule has 0 saturated carbocycles. The van der Waals surface area contributed by atoms with Crippen molar-refractivity contribution in [2.24, 2.45) is 0 Å². The number of pyridine rings is 1. The Hall–Kier alpha value is -2.03. The van der Waals surface area contributed by atoms with Crippen LogP contribution in [-0.2, 0) is 0 Å². The molecule has 0 radical (unpaired) electrons. The van der Waals surface area contributed by atoms with Crippen molar-refractivity contribution in [2.75, 3.05) is 7.11 Å². The Balaban J connectivity index is 2.33. The smallest absolute Gasteiger partial charge is 0.226 e. The number of fused-ring (bicyclic) bond motifs is 2. The van der Waals surface area contributed by atoms with E-state index >= 15 is 0 Å². The van der Waals surface area contributed by atoms with Crippen molar-refractivity contribution in [2.45, 2.75) is 19.4 Å². The van der Waals surface area contributed by atoms with E-state index in [0.717, 1.165) is 22.2 Å². The quantitative estimate of drug-likeness (QED) is 0.766. The summed E-state index contributed by atoms with van der Waals surface area (Å²) in [5.74, 6) is 1.46. The maximum absolute atomic E-state index is 5.89. The normalized spacial score (nSPS) is 16.2. The van der Waals surface area contributed by atoms with Crippen molar-refractivity contribution in [3.8, 4) is 11.6 Å². The van der Waals surface area contributed by atoms with E-state index in [1.54, 1.807) is 7.11 Å². The number of ether oxygens (including phenoxy) is 2. The Morgan fingerprint density at radius 1 is 1.22 bits per heavy atom. The van der Waals surface area contributed by atoms with Crippen molar-refractivity contribution in [1.29, 1.82) is 0 Å². The van der Waals surface area contributed by atoms with E-state index in [9.17, 15) is 0 Å². The standard InChI is InChI=1S/C15H15NO2/c1-15(2)9-8-11-13(17-3)10-6-4-5-7-12(10)16-14(11)18-15/h4-9H,1-3H3. The van der Waals surface area contributed by atoms with Crippen LogP contribution >= 0.6 is 0 Å². The minimum atomic E-state index is -0.326. The van der Waals surface area contributed by atoms with Gasteiger partial charge in [-0.05, 0) is 38.1 Å². The largest absolute Gasteiger partial charge is 0.495 e. The molecule has 0 spiro atoms. The Morgan fingerprint density at radius 2 is 2.00 bits per heavy atom. The summed E-state index contributed by atoms with van der Waals surface area (Å²) in [4.78, 5) is 4.57. The molecule has 0 aliphatic carbocycles. The molecule has 92 valence electrons. The van der Waals surface area contributed by atoms with E-state index in [0.29, 0.717) is 5.88 Å². The van der Waals surface area contributed by atoms with Crippen LogP contribution in [0.3, 0.4) is 0 Å². The molecule has 0 amide bonds. The van der Waals surface area contributed by atoms with Gasteiger partial charge in [0.25, 0.3) is 0 Å². The number of aromatic nitrogens is 1. The first-order valence-corrected chi connectivity index (χ1v) is 5.96. The van der Waals surface area contributed by atoms with Crippen LogP contribution in [0, 0.1) is 0 Å². The predicted octanol–water partition coefficient (Wildman–Crippen LogP) is 3.43. The highest BCUT2D eigenvalue weighted by Gasteiger charge is 2.26. The minimum Gasteiger partial charge on any atom is -0.495 e. The van der Waals surface area contributed by atoms with Gasteiger partial charge in [0.1, 0.15) is 11.4 Å². The monoisotopic (exact) mass is 241 g/mol. The van der Waals surface area contributed by atoms with Crippen LogP contribution in [0.25, 0.3) is 17.0 Å². The van der Waals surface area contributed by atoms with Crippen LogP contribution in [-0.4, -0.2) is 17.7 Å². The van der Waals surface area contributed by atoms with E-state index in [-0.39, 0.29) is 5.60 Å². The van der Waals surface area contributed by atoms with Gasteiger partial charge in [0, 0.05) is 5.39 Å². The van der Waals surface area contributed by atoms with E-state index in [1.165, 1.54) is 0 Å². The van der Waals surface area contributed by atoms with E-state index in [1.807, 2.05) is 50.3 Å². The number of hydrogen-bond donors (Lipinski definition) is 0. The first kappa shape index (κ1) is 11.1. The molecule has 3 rings (SSSR count). The Morgan fingerprint density at radius 3 is 2.78 bits per heavy atom. The highest BCUT2D eigenvalue weighted by atomic mass is 16.5. The molecule has 1 aromatic heterocycles. The molecule has 3 nitrogen and oxygen atoms in total. The molecule has 1 aromatic carbocycles. The molecular formula is C15H15NO2. The van der Waals surface area contributed by atoms with Gasteiger partial charge in [-0.15, -0.1) is 0 Å². The lowest BCUT2D eigenvalue weighted by Crippen LogP contribution is -2.28. The summed E-state index contributed by atoms with van der Waals surface area (Å²) in [6.07, 6.45) is 4.05. The summed E-state index contributed by atoms with van der Waals surface area (Å²) in [6.45, 7) is 4.02. The van der Waals surface area contributed by atoms with Gasteiger partial charge in [0.2, 0.25) is 5.88 Å². The second-order valence-corrected chi connectivity index (χ2v) is 4.92. The highest BCUT2D eigenvalue weighted by molar-refractivity contribution is 5.90. The molecule has 2 heterocycles. The first-order chi connectivity index (χ1) is 8.61. The first-order valence-electron chi connectivity index (χ1n) is 5.96. The fourth-order valence-electron chi connectivity index (χ4n) is 2.19. The molecule has 1 aliphatic rings. The van der Waals surface area contributed by atoms with Gasteiger partial charge in [-0.2, -0.15) is 0 Å². The molecule has 0 atom stereocenters. The van der Waals surface area contributed by atoms with Gasteiger partial charge in [-0.1, -0.05) is 12.1 Å². The molecule has 0 unspecified atom stereocenters. The molecule has 0 saturated heterocycles. The third kappa shape index (κ3) is 1.63. The molecule has 0 bridgehead atoms. The fourth-order valence-corrected chi connectivity index (χ4v) is 2.19. The average Bonchev–Trinajstić information content (AvgIpc) is 2.34. The molecule has 2 aromatic rings. The lowest BCUT2D eigenvalue weighted by Gasteiger charge is -2.28. The van der Waals surface area contributed by atoms with Crippen LogP contribution < -0.4 is 9.47 Å². The zero-order chi connectivity index (χ0) is 12.8. The van der Waals surface area contributed by atoms with E-state index < -0.39 is 0 Å². The van der Waals surface area contributed by atoms with Gasteiger partial charge in [0.15, 0.2) is 0 Å². The van der Waals surface area contributed by atoms with Gasteiger partial charge in [0.05, 0.1) is 18.2 Å². The Kier molecular flexibility index (Phi) is 2.30. The Labute approximate surface area is 106 Å². The van der Waals surface area contributed by atoms with Gasteiger partial charge in [-0.25, -0.2) is 4.98 Å². The molecule has 0 N–H and O–H groups in total. The number of para-hydroxylation sites is 1. The van der Waals surface area contributed by atoms with Crippen LogP contribution in [0.5, 0.6) is 11.6 Å². The highest BCUT2D eigenvalue weighted by Crippen LogP contribution is 2.39. The zero-order valence-electron chi connectivity index (χ0n) is 10.7. The summed E-state index contributed by atoms with van der Waals surface area (Å²) < 4.78 is 11.4. The van der Waals surface area contributed by atoms with Crippen molar-refractivity contribution in [3.05, 3.63) is 35.9 Å². The molecule has 18 heavy (non-hydrogen) atoms. The number of rotatable bonds is 1. The van der Waals surface area contributed by atoms with Gasteiger partial charge in [-0.3, -0.25) is 0 Å². The summed E-state index contributed by atoms with van der Waals surface area (Å²) in [5, 5.41) is 1.01. The van der Waals surface area contributed by atoms with E-state index in [4.69, 9.17) is 9.47 Å². The van der Waals surface area contributed by atoms with Gasteiger partial charge >= 0.3 is 0 Å². The number of benzene rings is 1. The summed E-state index contributed by atoms with van der Waals surface area (Å²) in [5.41, 5.74) is 1.47. The molecular weight excluding hydrogens is 226 g/mol. The predicted molar refractivity (Wildman–Crippen MR) is 72.0 cm³/mol. The average molecular weight is 241 g/mol. The van der Waals surface area contributed by atoms with Crippen LogP contribution in [0.15, 0.2) is 30.3 Å². The summed E-state index contributed by atoms with van der Waals surface area (Å²) in [6, 6.07) is 7.92. The lowest BCUT2D eigenvalue weighted by molar-refractivity contribution is 0.151. The molecule has 3 heteroatoms. The van der Waals surface area contributed by atoms with Crippen molar-refractivity contribution < 1.29 is 9.47 Å². The summed E-state index contributed by atoms with van der Waals surface area (Å²) >= 11 is 0. The van der Waals surface area contributed by atoms with E-state index in [2.05, 4.69) is 4.98 Å². The SMILES string of the molecule is COc1c2c(nc3ccccc13)OC(C)(C)C=C2. The second kappa shape index (κ2) is 3.73. The second-order valence-electron chi connectivity index (χ2n) is 4.92. The third-order valence-corrected chi connectivity index (χ3v) is 3.06. The van der Waals surface area contributed by atoms with Crippen molar-refractivity contribution in [1.82, 2.24) is 4.98 Å². The minimum absolute atomic E-state index is 0.326. The topological polar surface area (TPSA) is 31.4 Å². The number of nitrogens with zero attached hydrogens (tertiary/aromatic N) is 1. The lowest BCUT2D eigenvalue weighted by atomic mass is 10.0. The van der Waals surface area contributed by atoms with Crippen molar-refractivity contribution >= 4 is 17.0 Å². The van der Waals surface area contributed by atoms with Crippen LogP contribution in [0.1, 0.15) is 19.4 Å². The zero-order valence-corrected chi connectivity index (χ0v) is 10.7. The Bertz CT molecular complexity index is 644. The maximum atomic E-state index is 5.89.